The maximum atomic E-state index is 5.77. The Morgan fingerprint density at radius 3 is 2.76 bits per heavy atom. The van der Waals surface area contributed by atoms with E-state index in [0.717, 1.165) is 18.4 Å². The van der Waals surface area contributed by atoms with E-state index in [0.29, 0.717) is 6.02 Å². The number of hydrogen-bond donors (Lipinski definition) is 1. The number of ether oxygens (including phenoxy) is 1. The molecule has 2 atom stereocenters. The van der Waals surface area contributed by atoms with E-state index in [4.69, 9.17) is 10.5 Å². The monoisotopic (exact) mass is 280 g/mol. The molecule has 5 nitrogen and oxygen atoms in total. The van der Waals surface area contributed by atoms with Crippen molar-refractivity contribution in [1.82, 2.24) is 9.97 Å². The average molecular weight is 280 g/mol. The van der Waals surface area contributed by atoms with E-state index in [1.807, 2.05) is 19.3 Å². The Bertz CT molecular complexity index is 728. The summed E-state index contributed by atoms with van der Waals surface area (Å²) in [5.74, 6) is 0. The lowest BCUT2D eigenvalue weighted by atomic mass is 9.90. The topological polar surface area (TPSA) is 73.4 Å². The van der Waals surface area contributed by atoms with Crippen LogP contribution in [0.2, 0.25) is 0 Å². The van der Waals surface area contributed by atoms with Gasteiger partial charge >= 0.3 is 0 Å². The molecular weight excluding hydrogens is 264 g/mol. The standard InChI is InChI=1S/C16H16N4O/c1-10-16(20-15(17)21-10)5-11-3-2-4-13(14(11)6-16)12-7-18-9-19-8-12/h2-4,7-10H,5-6H2,1H3,(H2,17,20)/t10-,16+/m1/s1. The average Bonchev–Trinajstić information content (AvgIpc) is 2.99. The second-order valence-corrected chi connectivity index (χ2v) is 5.74. The van der Waals surface area contributed by atoms with Gasteiger partial charge in [-0.25, -0.2) is 15.0 Å². The number of hydrogen-bond acceptors (Lipinski definition) is 5. The Labute approximate surface area is 122 Å². The van der Waals surface area contributed by atoms with Gasteiger partial charge in [-0.05, 0) is 23.6 Å². The zero-order chi connectivity index (χ0) is 14.4. The van der Waals surface area contributed by atoms with Crippen LogP contribution in [0.5, 0.6) is 0 Å². The highest BCUT2D eigenvalue weighted by Crippen LogP contribution is 2.42. The van der Waals surface area contributed by atoms with Crippen molar-refractivity contribution >= 4 is 6.02 Å². The first kappa shape index (κ1) is 12.3. The molecule has 0 bridgehead atoms. The normalized spacial score (nSPS) is 26.5. The van der Waals surface area contributed by atoms with Gasteiger partial charge < -0.3 is 10.5 Å². The third-order valence-electron chi connectivity index (χ3n) is 4.51. The smallest absolute Gasteiger partial charge is 0.282 e. The number of fused-ring (bicyclic) bond motifs is 1. The van der Waals surface area contributed by atoms with Crippen LogP contribution in [0.25, 0.3) is 11.1 Å². The van der Waals surface area contributed by atoms with Crippen LogP contribution in [-0.4, -0.2) is 27.6 Å². The maximum Gasteiger partial charge on any atom is 0.282 e. The lowest BCUT2D eigenvalue weighted by molar-refractivity contribution is 0.157. The Morgan fingerprint density at radius 2 is 2.05 bits per heavy atom. The van der Waals surface area contributed by atoms with Gasteiger partial charge in [0.15, 0.2) is 0 Å². The first-order chi connectivity index (χ1) is 10.2. The molecule has 1 aromatic carbocycles. The maximum absolute atomic E-state index is 5.77. The number of rotatable bonds is 1. The zero-order valence-corrected chi connectivity index (χ0v) is 11.8. The summed E-state index contributed by atoms with van der Waals surface area (Å²) in [6.45, 7) is 2.04. The van der Waals surface area contributed by atoms with Crippen molar-refractivity contribution in [2.24, 2.45) is 10.7 Å². The molecule has 106 valence electrons. The van der Waals surface area contributed by atoms with Crippen LogP contribution in [0.4, 0.5) is 0 Å². The number of nitrogens with two attached hydrogens (primary N) is 1. The van der Waals surface area contributed by atoms with Crippen LogP contribution in [-0.2, 0) is 17.6 Å². The van der Waals surface area contributed by atoms with Crippen molar-refractivity contribution in [3.05, 3.63) is 48.0 Å². The fourth-order valence-electron chi connectivity index (χ4n) is 3.41. The largest absolute Gasteiger partial charge is 0.460 e. The molecule has 5 heteroatoms. The van der Waals surface area contributed by atoms with E-state index in [1.165, 1.54) is 16.7 Å². The van der Waals surface area contributed by atoms with Crippen molar-refractivity contribution in [1.29, 1.82) is 0 Å². The molecule has 2 N–H and O–H groups in total. The minimum absolute atomic E-state index is 0.00442. The fourth-order valence-corrected chi connectivity index (χ4v) is 3.41. The summed E-state index contributed by atoms with van der Waals surface area (Å²) in [6, 6.07) is 6.66. The predicted octanol–water partition coefficient (Wildman–Crippen LogP) is 1.71. The highest BCUT2D eigenvalue weighted by molar-refractivity contribution is 5.76. The molecular formula is C16H16N4O. The minimum atomic E-state index is -0.252. The quantitative estimate of drug-likeness (QED) is 0.863. The molecule has 0 fully saturated rings. The predicted molar refractivity (Wildman–Crippen MR) is 79.8 cm³/mol. The minimum Gasteiger partial charge on any atom is -0.460 e. The van der Waals surface area contributed by atoms with Gasteiger partial charge in [0.1, 0.15) is 18.0 Å². The van der Waals surface area contributed by atoms with Crippen molar-refractivity contribution < 1.29 is 4.74 Å². The molecule has 2 heterocycles. The molecule has 0 amide bonds. The number of benzene rings is 1. The van der Waals surface area contributed by atoms with Crippen molar-refractivity contribution in [3.63, 3.8) is 0 Å². The van der Waals surface area contributed by atoms with E-state index < -0.39 is 0 Å². The van der Waals surface area contributed by atoms with E-state index in [-0.39, 0.29) is 11.6 Å². The van der Waals surface area contributed by atoms with Gasteiger partial charge in [-0.3, -0.25) is 0 Å². The molecule has 0 saturated heterocycles. The summed E-state index contributed by atoms with van der Waals surface area (Å²) < 4.78 is 5.58. The third-order valence-corrected chi connectivity index (χ3v) is 4.51. The molecule has 0 unspecified atom stereocenters. The molecule has 1 aromatic heterocycles. The fraction of sp³-hybridized carbons (Fsp3) is 0.312. The molecule has 2 aromatic rings. The first-order valence-corrected chi connectivity index (χ1v) is 7.06. The van der Waals surface area contributed by atoms with Gasteiger partial charge in [0, 0.05) is 30.8 Å². The SMILES string of the molecule is C[C@H]1OC(N)=N[C@]12Cc1cccc(-c3cncnc3)c1C2. The van der Waals surface area contributed by atoms with E-state index in [1.54, 1.807) is 6.33 Å². The van der Waals surface area contributed by atoms with Gasteiger partial charge in [-0.15, -0.1) is 0 Å². The third kappa shape index (κ3) is 1.81. The van der Waals surface area contributed by atoms with Crippen LogP contribution in [0.15, 0.2) is 41.9 Å². The Hall–Kier alpha value is -2.43. The van der Waals surface area contributed by atoms with Gasteiger partial charge in [0.25, 0.3) is 6.02 Å². The Kier molecular flexibility index (Phi) is 2.51. The number of aliphatic imine (C=N–C) groups is 1. The van der Waals surface area contributed by atoms with Gasteiger partial charge in [0.05, 0.1) is 0 Å². The van der Waals surface area contributed by atoms with Crippen LogP contribution in [0.3, 0.4) is 0 Å². The first-order valence-electron chi connectivity index (χ1n) is 7.06. The molecule has 2 aliphatic rings. The van der Waals surface area contributed by atoms with Crippen LogP contribution >= 0.6 is 0 Å². The molecule has 1 aliphatic heterocycles. The van der Waals surface area contributed by atoms with Gasteiger partial charge in [-0.1, -0.05) is 18.2 Å². The van der Waals surface area contributed by atoms with E-state index in [9.17, 15) is 0 Å². The molecule has 4 rings (SSSR count). The number of amidine groups is 1. The highest BCUT2D eigenvalue weighted by atomic mass is 16.5. The van der Waals surface area contributed by atoms with E-state index >= 15 is 0 Å². The van der Waals surface area contributed by atoms with Crippen molar-refractivity contribution in [3.8, 4) is 11.1 Å². The highest BCUT2D eigenvalue weighted by Gasteiger charge is 2.48. The van der Waals surface area contributed by atoms with Crippen LogP contribution in [0.1, 0.15) is 18.1 Å². The molecule has 0 saturated carbocycles. The molecule has 0 radical (unpaired) electrons. The lowest BCUT2D eigenvalue weighted by Crippen LogP contribution is -2.36. The van der Waals surface area contributed by atoms with Crippen LogP contribution < -0.4 is 5.73 Å². The summed E-state index contributed by atoms with van der Waals surface area (Å²) in [7, 11) is 0. The van der Waals surface area contributed by atoms with Gasteiger partial charge in [-0.2, -0.15) is 0 Å². The molecule has 1 spiro atoms. The van der Waals surface area contributed by atoms with Crippen molar-refractivity contribution in [2.75, 3.05) is 0 Å². The molecule has 1 aliphatic carbocycles. The van der Waals surface area contributed by atoms with Crippen molar-refractivity contribution in [2.45, 2.75) is 31.4 Å². The lowest BCUT2D eigenvalue weighted by Gasteiger charge is -2.23. The molecule has 21 heavy (non-hydrogen) atoms. The number of aromatic nitrogens is 2. The second kappa shape index (κ2) is 4.28. The summed E-state index contributed by atoms with van der Waals surface area (Å²) >= 11 is 0. The summed E-state index contributed by atoms with van der Waals surface area (Å²) in [5.41, 5.74) is 10.4. The van der Waals surface area contributed by atoms with E-state index in [2.05, 4.69) is 33.2 Å². The second-order valence-electron chi connectivity index (χ2n) is 5.74. The van der Waals surface area contributed by atoms with Crippen LogP contribution in [0, 0.1) is 0 Å². The zero-order valence-electron chi connectivity index (χ0n) is 11.8. The van der Waals surface area contributed by atoms with Gasteiger partial charge in [0.2, 0.25) is 0 Å². The summed E-state index contributed by atoms with van der Waals surface area (Å²) in [4.78, 5) is 12.8. The Balaban J connectivity index is 1.81. The summed E-state index contributed by atoms with van der Waals surface area (Å²) in [5, 5.41) is 0. The Morgan fingerprint density at radius 1 is 1.24 bits per heavy atom. The summed E-state index contributed by atoms with van der Waals surface area (Å²) in [6.07, 6.45) is 6.96. The number of nitrogens with zero attached hydrogens (tertiary/aromatic N) is 3.